The van der Waals surface area contributed by atoms with E-state index in [1.54, 1.807) is 0 Å². The average molecular weight is 499 g/mol. The van der Waals surface area contributed by atoms with Crippen molar-refractivity contribution in [3.8, 4) is 0 Å². The number of esters is 2. The second kappa shape index (κ2) is 27.5. The molecule has 0 fully saturated rings. The first kappa shape index (κ1) is 33.9. The summed E-state index contributed by atoms with van der Waals surface area (Å²) in [5.74, 6) is -0.594. The highest BCUT2D eigenvalue weighted by Crippen LogP contribution is 2.14. The summed E-state index contributed by atoms with van der Waals surface area (Å²) >= 11 is 0. The Kier molecular flexibility index (Phi) is 26.6. The molecule has 0 radical (unpaired) electrons. The molecule has 0 amide bonds. The third-order valence-corrected chi connectivity index (χ3v) is 6.65. The predicted octanol–water partition coefficient (Wildman–Crippen LogP) is 8.45. The molecule has 0 aromatic carbocycles. The first-order valence-corrected chi connectivity index (χ1v) is 15.1. The van der Waals surface area contributed by atoms with Crippen LogP contribution < -0.4 is 0 Å². The third-order valence-electron chi connectivity index (χ3n) is 6.65. The number of carbonyl (C=O) groups is 2. The lowest BCUT2D eigenvalue weighted by molar-refractivity contribution is -0.161. The predicted molar refractivity (Wildman–Crippen MR) is 145 cm³/mol. The maximum atomic E-state index is 12.0. The Balaban J connectivity index is 3.52. The topological polar surface area (TPSA) is 72.8 Å². The summed E-state index contributed by atoms with van der Waals surface area (Å²) in [6, 6.07) is 0. The molecule has 0 spiro atoms. The number of unbranched alkanes of at least 4 members (excludes halogenated alkanes) is 19. The molecular formula is C30H58O5. The largest absolute Gasteiger partial charge is 0.462 e. The number of aliphatic hydroxyl groups is 1. The summed E-state index contributed by atoms with van der Waals surface area (Å²) in [5.41, 5.74) is 0. The minimum absolute atomic E-state index is 0.0598. The van der Waals surface area contributed by atoms with Crippen LogP contribution in [0.5, 0.6) is 0 Å². The zero-order chi connectivity index (χ0) is 25.8. The van der Waals surface area contributed by atoms with E-state index in [2.05, 4.69) is 13.8 Å². The maximum absolute atomic E-state index is 12.0. The Morgan fingerprint density at radius 2 is 0.886 bits per heavy atom. The van der Waals surface area contributed by atoms with Crippen LogP contribution >= 0.6 is 0 Å². The van der Waals surface area contributed by atoms with Crippen molar-refractivity contribution in [2.45, 2.75) is 168 Å². The van der Waals surface area contributed by atoms with Crippen LogP contribution in [0.2, 0.25) is 0 Å². The molecule has 0 bridgehead atoms. The van der Waals surface area contributed by atoms with E-state index >= 15 is 0 Å². The number of rotatable bonds is 27. The lowest BCUT2D eigenvalue weighted by Crippen LogP contribution is -2.28. The molecule has 0 saturated heterocycles. The van der Waals surface area contributed by atoms with Crippen molar-refractivity contribution in [1.82, 2.24) is 0 Å². The molecule has 35 heavy (non-hydrogen) atoms. The second-order valence-electron chi connectivity index (χ2n) is 10.2. The van der Waals surface area contributed by atoms with Crippen molar-refractivity contribution in [2.24, 2.45) is 0 Å². The molecule has 5 heteroatoms. The second-order valence-corrected chi connectivity index (χ2v) is 10.2. The fourth-order valence-corrected chi connectivity index (χ4v) is 4.32. The first-order valence-electron chi connectivity index (χ1n) is 15.1. The Labute approximate surface area is 217 Å². The van der Waals surface area contributed by atoms with E-state index in [-0.39, 0.29) is 25.2 Å². The van der Waals surface area contributed by atoms with Crippen LogP contribution in [0.4, 0.5) is 0 Å². The number of aliphatic hydroxyl groups excluding tert-OH is 1. The molecule has 1 N–H and O–H groups in total. The summed E-state index contributed by atoms with van der Waals surface area (Å²) in [7, 11) is 0. The first-order chi connectivity index (χ1) is 17.1. The van der Waals surface area contributed by atoms with E-state index in [1.807, 2.05) is 0 Å². The van der Waals surface area contributed by atoms with Gasteiger partial charge in [-0.1, -0.05) is 136 Å². The van der Waals surface area contributed by atoms with Gasteiger partial charge in [0, 0.05) is 12.8 Å². The molecule has 0 aromatic heterocycles. The van der Waals surface area contributed by atoms with Crippen molar-refractivity contribution in [3.05, 3.63) is 0 Å². The van der Waals surface area contributed by atoms with Gasteiger partial charge in [0.05, 0.1) is 6.61 Å². The molecule has 1 atom stereocenters. The summed E-state index contributed by atoms with van der Waals surface area (Å²) in [4.78, 5) is 23.8. The monoisotopic (exact) mass is 498 g/mol. The molecule has 5 nitrogen and oxygen atoms in total. The van der Waals surface area contributed by atoms with Crippen LogP contribution in [0.25, 0.3) is 0 Å². The van der Waals surface area contributed by atoms with Gasteiger partial charge >= 0.3 is 11.9 Å². The molecular weight excluding hydrogens is 440 g/mol. The van der Waals surface area contributed by atoms with E-state index in [0.717, 1.165) is 38.5 Å². The van der Waals surface area contributed by atoms with Crippen LogP contribution in [-0.4, -0.2) is 36.4 Å². The van der Waals surface area contributed by atoms with Crippen molar-refractivity contribution in [3.63, 3.8) is 0 Å². The molecule has 0 aromatic rings. The van der Waals surface area contributed by atoms with Crippen molar-refractivity contribution in [2.75, 3.05) is 13.2 Å². The minimum atomic E-state index is -0.757. The SMILES string of the molecule is CCCCCCCCCCCCCCCCCC(=O)OC(CO)COC(=O)CCCCCCCC. The van der Waals surface area contributed by atoms with E-state index < -0.39 is 6.10 Å². The van der Waals surface area contributed by atoms with Crippen molar-refractivity contribution >= 4 is 11.9 Å². The van der Waals surface area contributed by atoms with E-state index in [0.29, 0.717) is 12.8 Å². The Morgan fingerprint density at radius 3 is 1.26 bits per heavy atom. The normalized spacial score (nSPS) is 12.0. The molecule has 0 aliphatic carbocycles. The standard InChI is InChI=1S/C30H58O5/c1-3-5-7-9-11-12-13-14-15-16-17-18-19-21-23-25-30(33)35-28(26-31)27-34-29(32)24-22-20-10-8-6-4-2/h28,31H,3-27H2,1-2H3. The summed E-state index contributed by atoms with van der Waals surface area (Å²) in [6.07, 6.45) is 26.0. The smallest absolute Gasteiger partial charge is 0.306 e. The molecule has 1 unspecified atom stereocenters. The zero-order valence-electron chi connectivity index (χ0n) is 23.3. The lowest BCUT2D eigenvalue weighted by atomic mass is 10.0. The average Bonchev–Trinajstić information content (AvgIpc) is 2.86. The van der Waals surface area contributed by atoms with Gasteiger partial charge in [-0.3, -0.25) is 9.59 Å². The summed E-state index contributed by atoms with van der Waals surface area (Å²) < 4.78 is 10.5. The Morgan fingerprint density at radius 1 is 0.543 bits per heavy atom. The zero-order valence-corrected chi connectivity index (χ0v) is 23.3. The van der Waals surface area contributed by atoms with Gasteiger partial charge < -0.3 is 14.6 Å². The fraction of sp³-hybridized carbons (Fsp3) is 0.933. The maximum Gasteiger partial charge on any atom is 0.306 e. The molecule has 0 saturated carbocycles. The Hall–Kier alpha value is -1.10. The summed E-state index contributed by atoms with van der Waals surface area (Å²) in [6.45, 7) is 4.06. The highest BCUT2D eigenvalue weighted by atomic mass is 16.6. The lowest BCUT2D eigenvalue weighted by Gasteiger charge is -2.15. The van der Waals surface area contributed by atoms with Gasteiger partial charge in [0.2, 0.25) is 0 Å². The molecule has 0 aliphatic heterocycles. The van der Waals surface area contributed by atoms with Crippen molar-refractivity contribution < 1.29 is 24.2 Å². The Bertz CT molecular complexity index is 466. The van der Waals surface area contributed by atoms with Gasteiger partial charge in [0.15, 0.2) is 6.10 Å². The van der Waals surface area contributed by atoms with E-state index in [9.17, 15) is 14.7 Å². The van der Waals surface area contributed by atoms with Crippen LogP contribution in [0.1, 0.15) is 162 Å². The highest BCUT2D eigenvalue weighted by molar-refractivity contribution is 5.70. The van der Waals surface area contributed by atoms with Gasteiger partial charge in [-0.2, -0.15) is 0 Å². The van der Waals surface area contributed by atoms with Crippen LogP contribution in [-0.2, 0) is 19.1 Å². The molecule has 0 aliphatic rings. The van der Waals surface area contributed by atoms with E-state index in [4.69, 9.17) is 9.47 Å². The molecule has 0 heterocycles. The molecule has 208 valence electrons. The van der Waals surface area contributed by atoms with Crippen LogP contribution in [0.15, 0.2) is 0 Å². The quantitative estimate of drug-likeness (QED) is 0.0908. The molecule has 0 rings (SSSR count). The third kappa shape index (κ3) is 25.8. The number of hydrogen-bond acceptors (Lipinski definition) is 5. The van der Waals surface area contributed by atoms with Crippen LogP contribution in [0.3, 0.4) is 0 Å². The number of carbonyl (C=O) groups excluding carboxylic acids is 2. The number of ether oxygens (including phenoxy) is 2. The van der Waals surface area contributed by atoms with Gasteiger partial charge in [-0.05, 0) is 12.8 Å². The fourth-order valence-electron chi connectivity index (χ4n) is 4.32. The van der Waals surface area contributed by atoms with E-state index in [1.165, 1.54) is 96.3 Å². The van der Waals surface area contributed by atoms with Crippen molar-refractivity contribution in [1.29, 1.82) is 0 Å². The van der Waals surface area contributed by atoms with Gasteiger partial charge in [-0.25, -0.2) is 0 Å². The van der Waals surface area contributed by atoms with Gasteiger partial charge in [0.25, 0.3) is 0 Å². The van der Waals surface area contributed by atoms with Gasteiger partial charge in [0.1, 0.15) is 6.61 Å². The van der Waals surface area contributed by atoms with Crippen LogP contribution in [0, 0.1) is 0 Å². The minimum Gasteiger partial charge on any atom is -0.462 e. The number of hydrogen-bond donors (Lipinski definition) is 1. The summed E-state index contributed by atoms with van der Waals surface area (Å²) in [5, 5.41) is 9.42. The highest BCUT2D eigenvalue weighted by Gasteiger charge is 2.16. The van der Waals surface area contributed by atoms with Gasteiger partial charge in [-0.15, -0.1) is 0 Å².